The molecule has 0 radical (unpaired) electrons. The summed E-state index contributed by atoms with van der Waals surface area (Å²) in [6, 6.07) is 3.68. The molecule has 9 heteroatoms. The van der Waals surface area contributed by atoms with E-state index in [-0.39, 0.29) is 5.57 Å². The number of carbonyl (C=O) groups is 1. The van der Waals surface area contributed by atoms with E-state index in [9.17, 15) is 4.79 Å². The standard InChI is InChI=1S/C11H9N5OS3/c12-3-7(9(13)17)2-8-1-6(4-18-8)5-19-11-16-15-10(14)20-11/h1-2,4H,5H2,(H2,13,17)(H2,14,15)/b7-2+. The fraction of sp³-hybridized carbons (Fsp3) is 0.0909. The molecular formula is C11H9N5OS3. The van der Waals surface area contributed by atoms with Crippen LogP contribution in [0, 0.1) is 11.3 Å². The van der Waals surface area contributed by atoms with Crippen molar-refractivity contribution in [2.24, 2.45) is 5.73 Å². The molecule has 20 heavy (non-hydrogen) atoms. The van der Waals surface area contributed by atoms with Crippen molar-refractivity contribution in [3.8, 4) is 6.07 Å². The van der Waals surface area contributed by atoms with Crippen LogP contribution in [0.3, 0.4) is 0 Å². The number of carbonyl (C=O) groups excluding carboxylic acids is 1. The molecule has 0 aliphatic heterocycles. The van der Waals surface area contributed by atoms with E-state index in [0.29, 0.717) is 5.13 Å². The highest BCUT2D eigenvalue weighted by molar-refractivity contribution is 8.00. The van der Waals surface area contributed by atoms with E-state index in [4.69, 9.17) is 16.7 Å². The maximum atomic E-state index is 11.0. The van der Waals surface area contributed by atoms with Gasteiger partial charge in [0, 0.05) is 10.6 Å². The predicted octanol–water partition coefficient (Wildman–Crippen LogP) is 1.87. The molecule has 0 aliphatic carbocycles. The lowest BCUT2D eigenvalue weighted by atomic mass is 10.2. The van der Waals surface area contributed by atoms with Gasteiger partial charge in [0.25, 0.3) is 5.91 Å². The number of hydrogen-bond acceptors (Lipinski definition) is 8. The summed E-state index contributed by atoms with van der Waals surface area (Å²) >= 11 is 4.32. The first kappa shape index (κ1) is 14.5. The summed E-state index contributed by atoms with van der Waals surface area (Å²) in [5, 5.41) is 18.8. The number of thiophene rings is 1. The highest BCUT2D eigenvalue weighted by Gasteiger charge is 2.07. The zero-order chi connectivity index (χ0) is 14.5. The Kier molecular flexibility index (Phi) is 4.73. The second-order valence-electron chi connectivity index (χ2n) is 3.59. The van der Waals surface area contributed by atoms with Gasteiger partial charge in [-0.3, -0.25) is 4.79 Å². The molecule has 2 heterocycles. The van der Waals surface area contributed by atoms with Crippen molar-refractivity contribution < 1.29 is 4.79 Å². The van der Waals surface area contributed by atoms with Crippen molar-refractivity contribution in [3.05, 3.63) is 27.5 Å². The Labute approximate surface area is 127 Å². The van der Waals surface area contributed by atoms with Gasteiger partial charge in [-0.1, -0.05) is 23.1 Å². The van der Waals surface area contributed by atoms with E-state index in [2.05, 4.69) is 10.2 Å². The van der Waals surface area contributed by atoms with Crippen LogP contribution < -0.4 is 11.5 Å². The second-order valence-corrected chi connectivity index (χ2v) is 6.76. The Morgan fingerprint density at radius 2 is 2.35 bits per heavy atom. The third-order valence-corrected chi connectivity index (χ3v) is 5.02. The Morgan fingerprint density at radius 1 is 1.55 bits per heavy atom. The first-order valence-corrected chi connectivity index (χ1v) is 7.97. The van der Waals surface area contributed by atoms with Gasteiger partial charge in [-0.05, 0) is 23.1 Å². The van der Waals surface area contributed by atoms with Crippen molar-refractivity contribution in [2.45, 2.75) is 10.1 Å². The summed E-state index contributed by atoms with van der Waals surface area (Å²) in [5.41, 5.74) is 11.6. The largest absolute Gasteiger partial charge is 0.374 e. The van der Waals surface area contributed by atoms with Crippen LogP contribution in [0.5, 0.6) is 0 Å². The molecule has 0 fully saturated rings. The van der Waals surface area contributed by atoms with E-state index in [1.807, 2.05) is 11.4 Å². The van der Waals surface area contributed by atoms with Gasteiger partial charge in [-0.2, -0.15) is 5.26 Å². The number of nitrogens with zero attached hydrogens (tertiary/aromatic N) is 3. The number of amides is 1. The molecule has 0 spiro atoms. The van der Waals surface area contributed by atoms with Crippen LogP contribution in [0.25, 0.3) is 6.08 Å². The molecule has 0 saturated heterocycles. The molecule has 2 aromatic heterocycles. The summed E-state index contributed by atoms with van der Waals surface area (Å²) in [4.78, 5) is 11.8. The molecule has 1 amide bonds. The fourth-order valence-corrected chi connectivity index (χ4v) is 3.79. The van der Waals surface area contributed by atoms with Crippen LogP contribution in [0.1, 0.15) is 10.4 Å². The second kappa shape index (κ2) is 6.51. The van der Waals surface area contributed by atoms with Crippen LogP contribution in [0.4, 0.5) is 5.13 Å². The minimum Gasteiger partial charge on any atom is -0.374 e. The van der Waals surface area contributed by atoms with Crippen LogP contribution in [-0.2, 0) is 10.5 Å². The number of anilines is 1. The molecule has 102 valence electrons. The average Bonchev–Trinajstić information content (AvgIpc) is 3.02. The van der Waals surface area contributed by atoms with Gasteiger partial charge in [0.1, 0.15) is 11.6 Å². The van der Waals surface area contributed by atoms with E-state index in [1.165, 1.54) is 40.5 Å². The SMILES string of the molecule is N#C/C(=C\c1cc(CSc2nnc(N)s2)cs1)C(N)=O. The van der Waals surface area contributed by atoms with E-state index >= 15 is 0 Å². The Bertz CT molecular complexity index is 697. The van der Waals surface area contributed by atoms with E-state index < -0.39 is 5.91 Å². The quantitative estimate of drug-likeness (QED) is 0.492. The summed E-state index contributed by atoms with van der Waals surface area (Å²) in [7, 11) is 0. The average molecular weight is 323 g/mol. The Hall–Kier alpha value is -1.89. The predicted molar refractivity (Wildman–Crippen MR) is 81.0 cm³/mol. The molecule has 0 saturated carbocycles. The monoisotopic (exact) mass is 323 g/mol. The van der Waals surface area contributed by atoms with Crippen LogP contribution >= 0.6 is 34.4 Å². The van der Waals surface area contributed by atoms with Gasteiger partial charge < -0.3 is 11.5 Å². The van der Waals surface area contributed by atoms with Gasteiger partial charge in [0.2, 0.25) is 5.13 Å². The lowest BCUT2D eigenvalue weighted by molar-refractivity contribution is -0.114. The number of rotatable bonds is 5. The molecule has 0 bridgehead atoms. The summed E-state index contributed by atoms with van der Waals surface area (Å²) < 4.78 is 0.806. The molecule has 6 nitrogen and oxygen atoms in total. The third-order valence-electron chi connectivity index (χ3n) is 2.13. The Morgan fingerprint density at radius 3 is 2.95 bits per heavy atom. The number of nitriles is 1. The van der Waals surface area contributed by atoms with Crippen molar-refractivity contribution in [1.82, 2.24) is 10.2 Å². The molecule has 0 unspecified atom stereocenters. The van der Waals surface area contributed by atoms with Crippen molar-refractivity contribution in [3.63, 3.8) is 0 Å². The zero-order valence-corrected chi connectivity index (χ0v) is 12.5. The van der Waals surface area contributed by atoms with Gasteiger partial charge in [0.05, 0.1) is 0 Å². The zero-order valence-electron chi connectivity index (χ0n) is 10.1. The molecule has 2 aromatic rings. The molecule has 2 rings (SSSR count). The highest BCUT2D eigenvalue weighted by atomic mass is 32.2. The maximum Gasteiger partial charge on any atom is 0.259 e. The van der Waals surface area contributed by atoms with Crippen LogP contribution in [0.15, 0.2) is 21.4 Å². The smallest absolute Gasteiger partial charge is 0.259 e. The first-order chi connectivity index (χ1) is 9.58. The van der Waals surface area contributed by atoms with E-state index in [0.717, 1.165) is 20.5 Å². The number of nitrogens with two attached hydrogens (primary N) is 2. The van der Waals surface area contributed by atoms with Crippen LogP contribution in [0.2, 0.25) is 0 Å². The van der Waals surface area contributed by atoms with Gasteiger partial charge >= 0.3 is 0 Å². The molecular weight excluding hydrogens is 314 g/mol. The Balaban J connectivity index is 2.02. The van der Waals surface area contributed by atoms with Crippen molar-refractivity contribution in [2.75, 3.05) is 5.73 Å². The van der Waals surface area contributed by atoms with E-state index in [1.54, 1.807) is 6.07 Å². The summed E-state index contributed by atoms with van der Waals surface area (Å²) in [6.45, 7) is 0. The number of thioether (sulfide) groups is 1. The normalized spacial score (nSPS) is 11.2. The number of primary amides is 1. The minimum absolute atomic E-state index is 0.0528. The third kappa shape index (κ3) is 3.80. The minimum atomic E-state index is -0.721. The van der Waals surface area contributed by atoms with Gasteiger partial charge in [-0.15, -0.1) is 21.5 Å². The lowest BCUT2D eigenvalue weighted by Gasteiger charge is -1.92. The van der Waals surface area contributed by atoms with Crippen molar-refractivity contribution in [1.29, 1.82) is 5.26 Å². The molecule has 0 aromatic carbocycles. The number of nitrogen functional groups attached to an aromatic ring is 1. The highest BCUT2D eigenvalue weighted by Crippen LogP contribution is 2.29. The van der Waals surface area contributed by atoms with Gasteiger partial charge in [0.15, 0.2) is 4.34 Å². The van der Waals surface area contributed by atoms with Crippen molar-refractivity contribution >= 4 is 51.6 Å². The maximum absolute atomic E-state index is 11.0. The van der Waals surface area contributed by atoms with Crippen LogP contribution in [-0.4, -0.2) is 16.1 Å². The first-order valence-electron chi connectivity index (χ1n) is 5.29. The fourth-order valence-electron chi connectivity index (χ4n) is 1.27. The van der Waals surface area contributed by atoms with Gasteiger partial charge in [-0.25, -0.2) is 0 Å². The molecule has 0 atom stereocenters. The molecule has 4 N–H and O–H groups in total. The summed E-state index contributed by atoms with van der Waals surface area (Å²) in [6.07, 6.45) is 1.49. The number of hydrogen-bond donors (Lipinski definition) is 2. The summed E-state index contributed by atoms with van der Waals surface area (Å²) in [5.74, 6) is -0.00147. The lowest BCUT2D eigenvalue weighted by Crippen LogP contribution is -2.12. The molecule has 0 aliphatic rings. The topological polar surface area (TPSA) is 119 Å². The number of aromatic nitrogens is 2.